The van der Waals surface area contributed by atoms with Crippen LogP contribution in [-0.2, 0) is 11.3 Å². The number of hydrogen-bond donors (Lipinski definition) is 1. The van der Waals surface area contributed by atoms with E-state index >= 15 is 0 Å². The Kier molecular flexibility index (Phi) is 4.69. The second-order valence-electron chi connectivity index (χ2n) is 5.31. The Morgan fingerprint density at radius 1 is 1.50 bits per heavy atom. The zero-order chi connectivity index (χ0) is 14.7. The Labute approximate surface area is 116 Å². The normalized spacial score (nSPS) is 17.6. The van der Waals surface area contributed by atoms with Gasteiger partial charge in [-0.05, 0) is 46.0 Å². The highest BCUT2D eigenvalue weighted by Gasteiger charge is 2.21. The summed E-state index contributed by atoms with van der Waals surface area (Å²) in [5.74, 6) is -0.260. The first-order valence-corrected chi connectivity index (χ1v) is 6.76. The van der Waals surface area contributed by atoms with E-state index in [0.717, 1.165) is 30.6 Å². The fourth-order valence-electron chi connectivity index (χ4n) is 2.43. The summed E-state index contributed by atoms with van der Waals surface area (Å²) in [7, 11) is 2.04. The minimum atomic E-state index is -2.62. The highest BCUT2D eigenvalue weighted by molar-refractivity contribution is 5.76. The number of carbonyl (C=O) groups excluding carboxylic acids is 1. The molecule has 0 aromatic carbocycles. The van der Waals surface area contributed by atoms with Gasteiger partial charge in [-0.3, -0.25) is 9.48 Å². The molecule has 1 fully saturated rings. The minimum absolute atomic E-state index is 0.130. The van der Waals surface area contributed by atoms with Gasteiger partial charge in [0, 0.05) is 6.04 Å². The monoisotopic (exact) mass is 286 g/mol. The van der Waals surface area contributed by atoms with E-state index in [4.69, 9.17) is 0 Å². The molecule has 2 heterocycles. The third-order valence-electron chi connectivity index (χ3n) is 3.53. The molecule has 1 aliphatic heterocycles. The number of likely N-dealkylation sites (tertiary alicyclic amines) is 1. The molecule has 1 aromatic heterocycles. The molecule has 1 amide bonds. The van der Waals surface area contributed by atoms with Gasteiger partial charge >= 0.3 is 0 Å². The number of alkyl halides is 2. The maximum absolute atomic E-state index is 12.8. The van der Waals surface area contributed by atoms with E-state index in [1.807, 2.05) is 7.05 Å². The topological polar surface area (TPSA) is 50.2 Å². The second-order valence-corrected chi connectivity index (χ2v) is 5.31. The average molecular weight is 286 g/mol. The molecule has 7 heteroatoms. The van der Waals surface area contributed by atoms with Gasteiger partial charge in [-0.25, -0.2) is 8.78 Å². The highest BCUT2D eigenvalue weighted by Crippen LogP contribution is 2.19. The quantitative estimate of drug-likeness (QED) is 0.908. The highest BCUT2D eigenvalue weighted by atomic mass is 19.3. The molecule has 0 radical (unpaired) electrons. The van der Waals surface area contributed by atoms with Gasteiger partial charge in [0.05, 0.1) is 5.69 Å². The fourth-order valence-corrected chi connectivity index (χ4v) is 2.43. The Bertz CT molecular complexity index is 467. The summed E-state index contributed by atoms with van der Waals surface area (Å²) in [6.07, 6.45) is -0.836. The number of hydrogen-bond acceptors (Lipinski definition) is 3. The Balaban J connectivity index is 1.91. The fraction of sp³-hybridized carbons (Fsp3) is 0.692. The SMILES string of the molecule is Cc1cc(C(F)F)n(CC(=O)NC2CCN(C)CC2)n1. The summed E-state index contributed by atoms with van der Waals surface area (Å²) in [5, 5.41) is 6.84. The van der Waals surface area contributed by atoms with Crippen molar-refractivity contribution in [3.63, 3.8) is 0 Å². The molecule has 0 saturated carbocycles. The van der Waals surface area contributed by atoms with E-state index in [9.17, 15) is 13.6 Å². The molecular weight excluding hydrogens is 266 g/mol. The number of carbonyl (C=O) groups is 1. The van der Waals surface area contributed by atoms with Gasteiger partial charge in [-0.2, -0.15) is 5.10 Å². The van der Waals surface area contributed by atoms with Crippen LogP contribution in [0.3, 0.4) is 0 Å². The number of nitrogens with zero attached hydrogens (tertiary/aromatic N) is 3. The van der Waals surface area contributed by atoms with Crippen LogP contribution >= 0.6 is 0 Å². The van der Waals surface area contributed by atoms with Gasteiger partial charge in [-0.15, -0.1) is 0 Å². The van der Waals surface area contributed by atoms with Gasteiger partial charge in [-0.1, -0.05) is 0 Å². The van der Waals surface area contributed by atoms with E-state index in [1.165, 1.54) is 6.07 Å². The molecule has 112 valence electrons. The van der Waals surface area contributed by atoms with E-state index in [1.54, 1.807) is 6.92 Å². The van der Waals surface area contributed by atoms with Crippen LogP contribution in [-0.4, -0.2) is 46.8 Å². The third-order valence-corrected chi connectivity index (χ3v) is 3.53. The maximum Gasteiger partial charge on any atom is 0.280 e. The molecule has 20 heavy (non-hydrogen) atoms. The summed E-state index contributed by atoms with van der Waals surface area (Å²) in [4.78, 5) is 14.1. The van der Waals surface area contributed by atoms with Crippen molar-refractivity contribution in [1.82, 2.24) is 20.0 Å². The van der Waals surface area contributed by atoms with Gasteiger partial charge in [0.15, 0.2) is 0 Å². The molecule has 0 unspecified atom stereocenters. The first kappa shape index (κ1) is 14.9. The lowest BCUT2D eigenvalue weighted by Crippen LogP contribution is -2.44. The lowest BCUT2D eigenvalue weighted by molar-refractivity contribution is -0.122. The van der Waals surface area contributed by atoms with Crippen LogP contribution in [0.5, 0.6) is 0 Å². The largest absolute Gasteiger partial charge is 0.352 e. The molecule has 0 aliphatic carbocycles. The summed E-state index contributed by atoms with van der Waals surface area (Å²) < 4.78 is 26.7. The molecule has 1 aromatic rings. The van der Waals surface area contributed by atoms with Crippen molar-refractivity contribution in [2.45, 2.75) is 38.8 Å². The Morgan fingerprint density at radius 3 is 2.75 bits per heavy atom. The second kappa shape index (κ2) is 6.30. The van der Waals surface area contributed by atoms with Crippen molar-refractivity contribution in [3.05, 3.63) is 17.5 Å². The van der Waals surface area contributed by atoms with Crippen LogP contribution in [0.2, 0.25) is 0 Å². The molecule has 5 nitrogen and oxygen atoms in total. The standard InChI is InChI=1S/C13H20F2N4O/c1-9-7-11(13(14)15)19(17-9)8-12(20)16-10-3-5-18(2)6-4-10/h7,10,13H,3-6,8H2,1-2H3,(H,16,20). The van der Waals surface area contributed by atoms with Crippen molar-refractivity contribution < 1.29 is 13.6 Å². The van der Waals surface area contributed by atoms with Crippen molar-refractivity contribution >= 4 is 5.91 Å². The number of aryl methyl sites for hydroxylation is 1. The molecule has 2 rings (SSSR count). The zero-order valence-electron chi connectivity index (χ0n) is 11.8. The van der Waals surface area contributed by atoms with E-state index in [2.05, 4.69) is 15.3 Å². The molecular formula is C13H20F2N4O. The molecule has 0 atom stereocenters. The van der Waals surface area contributed by atoms with Gasteiger partial charge in [0.1, 0.15) is 12.2 Å². The van der Waals surface area contributed by atoms with Crippen LogP contribution < -0.4 is 5.32 Å². The van der Waals surface area contributed by atoms with E-state index < -0.39 is 6.43 Å². The Morgan fingerprint density at radius 2 is 2.15 bits per heavy atom. The average Bonchev–Trinajstić information content (AvgIpc) is 2.73. The lowest BCUT2D eigenvalue weighted by Gasteiger charge is -2.29. The molecule has 1 aliphatic rings. The molecule has 0 spiro atoms. The zero-order valence-corrected chi connectivity index (χ0v) is 11.8. The summed E-state index contributed by atoms with van der Waals surface area (Å²) in [6.45, 7) is 3.36. The van der Waals surface area contributed by atoms with Crippen molar-refractivity contribution in [2.24, 2.45) is 0 Å². The van der Waals surface area contributed by atoms with Gasteiger partial charge < -0.3 is 10.2 Å². The van der Waals surface area contributed by atoms with Crippen LogP contribution in [0, 0.1) is 6.92 Å². The smallest absolute Gasteiger partial charge is 0.280 e. The first-order chi connectivity index (χ1) is 9.45. The Hall–Kier alpha value is -1.50. The predicted molar refractivity (Wildman–Crippen MR) is 70.6 cm³/mol. The van der Waals surface area contributed by atoms with Crippen molar-refractivity contribution in [2.75, 3.05) is 20.1 Å². The van der Waals surface area contributed by atoms with Gasteiger partial charge in [0.25, 0.3) is 6.43 Å². The van der Waals surface area contributed by atoms with Crippen LogP contribution in [0.1, 0.15) is 30.7 Å². The molecule has 0 bridgehead atoms. The third kappa shape index (κ3) is 3.75. The number of halogens is 2. The van der Waals surface area contributed by atoms with Gasteiger partial charge in [0.2, 0.25) is 5.91 Å². The van der Waals surface area contributed by atoms with E-state index in [-0.39, 0.29) is 24.2 Å². The number of piperidine rings is 1. The first-order valence-electron chi connectivity index (χ1n) is 6.76. The summed E-state index contributed by atoms with van der Waals surface area (Å²) in [6, 6.07) is 1.44. The molecule has 1 saturated heterocycles. The van der Waals surface area contributed by atoms with Crippen molar-refractivity contribution in [3.8, 4) is 0 Å². The van der Waals surface area contributed by atoms with Crippen molar-refractivity contribution in [1.29, 1.82) is 0 Å². The summed E-state index contributed by atoms with van der Waals surface area (Å²) in [5.41, 5.74) is 0.286. The van der Waals surface area contributed by atoms with Crippen LogP contribution in [0.15, 0.2) is 6.07 Å². The maximum atomic E-state index is 12.8. The lowest BCUT2D eigenvalue weighted by atomic mass is 10.1. The van der Waals surface area contributed by atoms with Crippen LogP contribution in [0.25, 0.3) is 0 Å². The van der Waals surface area contributed by atoms with E-state index in [0.29, 0.717) is 5.69 Å². The number of amides is 1. The minimum Gasteiger partial charge on any atom is -0.352 e. The number of aromatic nitrogens is 2. The predicted octanol–water partition coefficient (Wildman–Crippen LogP) is 1.34. The number of rotatable bonds is 4. The van der Waals surface area contributed by atoms with Crippen LogP contribution in [0.4, 0.5) is 8.78 Å². The molecule has 1 N–H and O–H groups in total. The summed E-state index contributed by atoms with van der Waals surface area (Å²) >= 11 is 0. The number of nitrogens with one attached hydrogen (secondary N) is 1.